The maximum absolute atomic E-state index is 13.9. The molecule has 0 amide bonds. The number of fused-ring (bicyclic) bond motifs is 1. The Kier molecular flexibility index (Phi) is 5.12. The molecular formula is C22H22FN3O. The molecule has 2 aromatic carbocycles. The summed E-state index contributed by atoms with van der Waals surface area (Å²) in [5, 5.41) is 0. The lowest BCUT2D eigenvalue weighted by atomic mass is 10.1. The molecule has 0 saturated heterocycles. The molecule has 0 unspecified atom stereocenters. The molecule has 0 radical (unpaired) electrons. The first-order valence-corrected chi connectivity index (χ1v) is 9.29. The predicted molar refractivity (Wildman–Crippen MR) is 103 cm³/mol. The average molecular weight is 363 g/mol. The third-order valence-electron chi connectivity index (χ3n) is 5.06. The Bertz CT molecular complexity index is 984. The van der Waals surface area contributed by atoms with Crippen molar-refractivity contribution in [1.82, 2.24) is 14.9 Å². The zero-order chi connectivity index (χ0) is 18.6. The van der Waals surface area contributed by atoms with Crippen molar-refractivity contribution in [2.75, 3.05) is 13.1 Å². The SMILES string of the molecule is O=c1[nH]c(Cc2ccccc2F)nc2c1CCN(Cc1ccccc1)CC2. The summed E-state index contributed by atoms with van der Waals surface area (Å²) in [5.74, 6) is 0.254. The van der Waals surface area contributed by atoms with Crippen molar-refractivity contribution in [1.29, 1.82) is 0 Å². The Morgan fingerprint density at radius 1 is 1.00 bits per heavy atom. The van der Waals surface area contributed by atoms with Crippen molar-refractivity contribution < 1.29 is 4.39 Å². The number of benzene rings is 2. The van der Waals surface area contributed by atoms with Gasteiger partial charge in [0.1, 0.15) is 11.6 Å². The maximum Gasteiger partial charge on any atom is 0.254 e. The Balaban J connectivity index is 1.52. The van der Waals surface area contributed by atoms with Crippen LogP contribution in [0.15, 0.2) is 59.4 Å². The smallest absolute Gasteiger partial charge is 0.254 e. The van der Waals surface area contributed by atoms with Crippen LogP contribution in [0.4, 0.5) is 4.39 Å². The molecule has 138 valence electrons. The fraction of sp³-hybridized carbons (Fsp3) is 0.273. The summed E-state index contributed by atoms with van der Waals surface area (Å²) in [6.07, 6.45) is 1.71. The van der Waals surface area contributed by atoms with Gasteiger partial charge in [-0.25, -0.2) is 9.37 Å². The second-order valence-corrected chi connectivity index (χ2v) is 6.97. The minimum absolute atomic E-state index is 0.0899. The van der Waals surface area contributed by atoms with Gasteiger partial charge in [0, 0.05) is 38.0 Å². The fourth-order valence-electron chi connectivity index (χ4n) is 3.61. The van der Waals surface area contributed by atoms with E-state index in [0.717, 1.165) is 37.3 Å². The van der Waals surface area contributed by atoms with Crippen molar-refractivity contribution in [2.45, 2.75) is 25.8 Å². The lowest BCUT2D eigenvalue weighted by Crippen LogP contribution is -2.26. The van der Waals surface area contributed by atoms with E-state index in [9.17, 15) is 9.18 Å². The Hall–Kier alpha value is -2.79. The molecule has 1 N–H and O–H groups in total. The highest BCUT2D eigenvalue weighted by Crippen LogP contribution is 2.15. The van der Waals surface area contributed by atoms with Gasteiger partial charge in [-0.05, 0) is 23.6 Å². The van der Waals surface area contributed by atoms with Crippen LogP contribution >= 0.6 is 0 Å². The Morgan fingerprint density at radius 3 is 2.56 bits per heavy atom. The third-order valence-corrected chi connectivity index (χ3v) is 5.06. The fourth-order valence-corrected chi connectivity index (χ4v) is 3.61. The Labute approximate surface area is 157 Å². The summed E-state index contributed by atoms with van der Waals surface area (Å²) in [5.41, 5.74) is 3.34. The second-order valence-electron chi connectivity index (χ2n) is 6.97. The molecular weight excluding hydrogens is 341 g/mol. The number of aromatic nitrogens is 2. The number of H-pyrrole nitrogens is 1. The van der Waals surface area contributed by atoms with Gasteiger partial charge in [0.15, 0.2) is 0 Å². The molecule has 0 atom stereocenters. The molecule has 0 aliphatic carbocycles. The van der Waals surface area contributed by atoms with Crippen LogP contribution in [0, 0.1) is 5.82 Å². The van der Waals surface area contributed by atoms with Crippen molar-refractivity contribution in [3.63, 3.8) is 0 Å². The highest BCUT2D eigenvalue weighted by molar-refractivity contribution is 5.25. The summed E-state index contributed by atoms with van der Waals surface area (Å²) >= 11 is 0. The summed E-state index contributed by atoms with van der Waals surface area (Å²) in [6, 6.07) is 17.0. The molecule has 2 heterocycles. The van der Waals surface area contributed by atoms with E-state index in [2.05, 4.69) is 27.0 Å². The highest BCUT2D eigenvalue weighted by atomic mass is 19.1. The average Bonchev–Trinajstić information content (AvgIpc) is 2.87. The molecule has 4 nitrogen and oxygen atoms in total. The van der Waals surface area contributed by atoms with Crippen molar-refractivity contribution in [3.8, 4) is 0 Å². The zero-order valence-electron chi connectivity index (χ0n) is 15.1. The summed E-state index contributed by atoms with van der Waals surface area (Å²) in [4.78, 5) is 22.4. The van der Waals surface area contributed by atoms with Crippen molar-refractivity contribution in [2.24, 2.45) is 0 Å². The molecule has 1 aliphatic heterocycles. The third kappa shape index (κ3) is 4.14. The molecule has 1 aliphatic rings. The van der Waals surface area contributed by atoms with E-state index < -0.39 is 0 Å². The number of rotatable bonds is 4. The van der Waals surface area contributed by atoms with E-state index in [1.165, 1.54) is 11.6 Å². The van der Waals surface area contributed by atoms with E-state index in [-0.39, 0.29) is 11.4 Å². The van der Waals surface area contributed by atoms with Gasteiger partial charge >= 0.3 is 0 Å². The monoisotopic (exact) mass is 363 g/mol. The largest absolute Gasteiger partial charge is 0.310 e. The van der Waals surface area contributed by atoms with Crippen molar-refractivity contribution >= 4 is 0 Å². The van der Waals surface area contributed by atoms with Crippen LogP contribution in [0.25, 0.3) is 0 Å². The summed E-state index contributed by atoms with van der Waals surface area (Å²) < 4.78 is 13.9. The van der Waals surface area contributed by atoms with Crippen molar-refractivity contribution in [3.05, 3.63) is 99.0 Å². The molecule has 1 aromatic heterocycles. The number of nitrogens with one attached hydrogen (secondary N) is 1. The van der Waals surface area contributed by atoms with Crippen LogP contribution in [0.2, 0.25) is 0 Å². The molecule has 0 spiro atoms. The molecule has 0 saturated carbocycles. The number of nitrogens with zero attached hydrogens (tertiary/aromatic N) is 2. The Morgan fingerprint density at radius 2 is 1.74 bits per heavy atom. The second kappa shape index (κ2) is 7.84. The van der Waals surface area contributed by atoms with E-state index >= 15 is 0 Å². The maximum atomic E-state index is 13.9. The van der Waals surface area contributed by atoms with Gasteiger partial charge in [-0.1, -0.05) is 48.5 Å². The quantitative estimate of drug-likeness (QED) is 0.775. The molecule has 27 heavy (non-hydrogen) atoms. The molecule has 3 aromatic rings. The zero-order valence-corrected chi connectivity index (χ0v) is 15.1. The van der Waals surface area contributed by atoms with Crippen LogP contribution < -0.4 is 5.56 Å². The first-order chi connectivity index (χ1) is 13.2. The van der Waals surface area contributed by atoms with Gasteiger partial charge < -0.3 is 4.98 Å². The van der Waals surface area contributed by atoms with E-state index in [1.807, 2.05) is 18.2 Å². The lowest BCUT2D eigenvalue weighted by Gasteiger charge is -2.19. The summed E-state index contributed by atoms with van der Waals surface area (Å²) in [7, 11) is 0. The molecule has 0 fully saturated rings. The van der Waals surface area contributed by atoms with E-state index in [0.29, 0.717) is 24.2 Å². The first kappa shape index (κ1) is 17.6. The summed E-state index contributed by atoms with van der Waals surface area (Å²) in [6.45, 7) is 2.56. The standard InChI is InChI=1S/C22H22FN3O/c23-19-9-5-4-8-17(19)14-21-24-20-11-13-26(12-10-18(20)22(27)25-21)15-16-6-2-1-3-7-16/h1-9H,10-15H2,(H,24,25,27). The molecule has 0 bridgehead atoms. The number of hydrogen-bond acceptors (Lipinski definition) is 3. The van der Waals surface area contributed by atoms with E-state index in [1.54, 1.807) is 18.2 Å². The van der Waals surface area contributed by atoms with E-state index in [4.69, 9.17) is 0 Å². The van der Waals surface area contributed by atoms with Gasteiger partial charge in [-0.15, -0.1) is 0 Å². The van der Waals surface area contributed by atoms with Gasteiger partial charge in [-0.3, -0.25) is 9.69 Å². The van der Waals surface area contributed by atoms with Crippen LogP contribution in [0.1, 0.15) is 28.2 Å². The normalized spacial score (nSPS) is 14.6. The van der Waals surface area contributed by atoms with Gasteiger partial charge in [0.2, 0.25) is 0 Å². The van der Waals surface area contributed by atoms with Gasteiger partial charge in [0.25, 0.3) is 5.56 Å². The van der Waals surface area contributed by atoms with Gasteiger partial charge in [-0.2, -0.15) is 0 Å². The number of hydrogen-bond donors (Lipinski definition) is 1. The topological polar surface area (TPSA) is 49.0 Å². The van der Waals surface area contributed by atoms with Crippen LogP contribution in [-0.2, 0) is 25.8 Å². The van der Waals surface area contributed by atoms with Crippen LogP contribution in [0.3, 0.4) is 0 Å². The lowest BCUT2D eigenvalue weighted by molar-refractivity contribution is 0.279. The predicted octanol–water partition coefficient (Wildman–Crippen LogP) is 3.10. The minimum Gasteiger partial charge on any atom is -0.310 e. The highest BCUT2D eigenvalue weighted by Gasteiger charge is 2.19. The minimum atomic E-state index is -0.274. The molecule has 4 rings (SSSR count). The van der Waals surface area contributed by atoms with Crippen LogP contribution in [-0.4, -0.2) is 28.0 Å². The van der Waals surface area contributed by atoms with Crippen LogP contribution in [0.5, 0.6) is 0 Å². The number of halogens is 1. The first-order valence-electron chi connectivity index (χ1n) is 9.29. The van der Waals surface area contributed by atoms with Gasteiger partial charge in [0.05, 0.1) is 5.69 Å². The molecule has 5 heteroatoms. The number of aromatic amines is 1.